The van der Waals surface area contributed by atoms with Gasteiger partial charge >= 0.3 is 0 Å². The number of nitrogens with zero attached hydrogens (tertiary/aromatic N) is 4. The first-order chi connectivity index (χ1) is 15.1. The number of likely N-dealkylation sites (N-methyl/N-ethyl adjacent to an activating group) is 1. The van der Waals surface area contributed by atoms with Crippen LogP contribution >= 0.6 is 36.2 Å². The van der Waals surface area contributed by atoms with Crippen molar-refractivity contribution in [3.05, 3.63) is 75.2 Å². The average molecular weight is 508 g/mol. The molecule has 176 valence electrons. The molecule has 0 amide bonds. The zero-order chi connectivity index (χ0) is 21.4. The number of anilines is 1. The van der Waals surface area contributed by atoms with Crippen molar-refractivity contribution < 1.29 is 4.39 Å². The van der Waals surface area contributed by atoms with Gasteiger partial charge in [-0.2, -0.15) is 0 Å². The van der Waals surface area contributed by atoms with E-state index in [1.807, 2.05) is 31.5 Å². The third-order valence-electron chi connectivity index (χ3n) is 6.13. The summed E-state index contributed by atoms with van der Waals surface area (Å²) in [5.41, 5.74) is 3.15. The van der Waals surface area contributed by atoms with Gasteiger partial charge in [0.1, 0.15) is 16.5 Å². The van der Waals surface area contributed by atoms with Crippen LogP contribution in [0.2, 0.25) is 0 Å². The number of hydrogen-bond acceptors (Lipinski definition) is 6. The average Bonchev–Trinajstić information content (AvgIpc) is 3.06. The van der Waals surface area contributed by atoms with E-state index in [0.29, 0.717) is 6.04 Å². The quantitative estimate of drug-likeness (QED) is 0.586. The SMILES string of the molecule is Cc1nc2c(s1)NC=c1cccnc1=C2N1CCN(C)C(CCc2cccc(F)c2)C1.Cl.Cl. The fourth-order valence-corrected chi connectivity index (χ4v) is 5.25. The molecule has 1 fully saturated rings. The molecule has 33 heavy (non-hydrogen) atoms. The van der Waals surface area contributed by atoms with E-state index in [9.17, 15) is 4.39 Å². The standard InChI is InChI=1S/C24H26FN5S.2ClH/c1-16-28-22-23(21-18(6-4-10-26-21)14-27-24(22)31-16)30-12-11-29(2)20(15-30)9-8-17-5-3-7-19(25)13-17;;/h3-7,10,13-14,20,27H,8-9,11-12,15H2,1-2H3;2*1H. The first kappa shape index (κ1) is 25.4. The lowest BCUT2D eigenvalue weighted by Crippen LogP contribution is -2.52. The number of rotatable bonds is 4. The molecule has 0 spiro atoms. The number of benzene rings is 1. The Bertz CT molecular complexity index is 1230. The van der Waals surface area contributed by atoms with Gasteiger partial charge in [-0.3, -0.25) is 9.88 Å². The van der Waals surface area contributed by atoms with Crippen LogP contribution in [0.1, 0.15) is 22.7 Å². The zero-order valence-electron chi connectivity index (χ0n) is 18.6. The molecule has 4 heterocycles. The lowest BCUT2D eigenvalue weighted by atomic mass is 10.0. The number of hydrogen-bond donors (Lipinski definition) is 1. The summed E-state index contributed by atoms with van der Waals surface area (Å²) in [6, 6.07) is 11.4. The zero-order valence-corrected chi connectivity index (χ0v) is 21.1. The van der Waals surface area contributed by atoms with Crippen LogP contribution in [0.3, 0.4) is 0 Å². The van der Waals surface area contributed by atoms with Crippen LogP contribution in [0.5, 0.6) is 0 Å². The van der Waals surface area contributed by atoms with Gasteiger partial charge in [-0.05, 0) is 56.6 Å². The number of pyridine rings is 1. The second kappa shape index (κ2) is 10.8. The maximum atomic E-state index is 13.6. The van der Waals surface area contributed by atoms with Crippen molar-refractivity contribution in [1.82, 2.24) is 19.8 Å². The van der Waals surface area contributed by atoms with E-state index in [-0.39, 0.29) is 30.6 Å². The van der Waals surface area contributed by atoms with Crippen molar-refractivity contribution in [1.29, 1.82) is 0 Å². The van der Waals surface area contributed by atoms with Crippen molar-refractivity contribution in [3.63, 3.8) is 0 Å². The van der Waals surface area contributed by atoms with Gasteiger partial charge in [0, 0.05) is 43.3 Å². The van der Waals surface area contributed by atoms with E-state index in [4.69, 9.17) is 9.97 Å². The fourth-order valence-electron chi connectivity index (χ4n) is 4.46. The fraction of sp³-hybridized carbons (Fsp3) is 0.333. The summed E-state index contributed by atoms with van der Waals surface area (Å²) in [6.45, 7) is 4.83. The summed E-state index contributed by atoms with van der Waals surface area (Å²) in [5, 5.41) is 7.61. The van der Waals surface area contributed by atoms with E-state index in [0.717, 1.165) is 70.0 Å². The first-order valence-corrected chi connectivity index (χ1v) is 11.5. The van der Waals surface area contributed by atoms with Crippen molar-refractivity contribution in [2.75, 3.05) is 32.0 Å². The Balaban J connectivity index is 0.00000153. The summed E-state index contributed by atoms with van der Waals surface area (Å²) < 4.78 is 13.6. The van der Waals surface area contributed by atoms with E-state index < -0.39 is 0 Å². The van der Waals surface area contributed by atoms with Crippen LogP contribution in [-0.2, 0) is 6.42 Å². The molecule has 9 heteroatoms. The van der Waals surface area contributed by atoms with Gasteiger partial charge in [0.05, 0.1) is 16.1 Å². The van der Waals surface area contributed by atoms with Gasteiger partial charge in [0.15, 0.2) is 0 Å². The summed E-state index contributed by atoms with van der Waals surface area (Å²) in [4.78, 5) is 14.5. The van der Waals surface area contributed by atoms with Crippen LogP contribution < -0.4 is 15.9 Å². The monoisotopic (exact) mass is 507 g/mol. The van der Waals surface area contributed by atoms with Gasteiger partial charge in [-0.25, -0.2) is 9.37 Å². The first-order valence-electron chi connectivity index (χ1n) is 10.7. The number of halogens is 3. The van der Waals surface area contributed by atoms with Crippen LogP contribution in [-0.4, -0.2) is 52.5 Å². The molecule has 3 aromatic rings. The van der Waals surface area contributed by atoms with E-state index in [2.05, 4.69) is 28.2 Å². The predicted octanol–water partition coefficient (Wildman–Crippen LogP) is 3.40. The lowest BCUT2D eigenvalue weighted by molar-refractivity contribution is 0.127. The minimum atomic E-state index is -0.164. The normalized spacial score (nSPS) is 17.5. The molecule has 1 atom stereocenters. The number of aryl methyl sites for hydroxylation is 2. The second-order valence-corrected chi connectivity index (χ2v) is 9.44. The molecule has 1 unspecified atom stereocenters. The van der Waals surface area contributed by atoms with Crippen molar-refractivity contribution in [2.24, 2.45) is 0 Å². The van der Waals surface area contributed by atoms with Gasteiger partial charge in [0.25, 0.3) is 0 Å². The van der Waals surface area contributed by atoms with Crippen molar-refractivity contribution in [3.8, 4) is 0 Å². The topological polar surface area (TPSA) is 44.3 Å². The Morgan fingerprint density at radius 3 is 2.85 bits per heavy atom. The third-order valence-corrected chi connectivity index (χ3v) is 7.03. The molecule has 5 nitrogen and oxygen atoms in total. The highest BCUT2D eigenvalue weighted by Crippen LogP contribution is 2.32. The Hall–Kier alpha value is -2.19. The summed E-state index contributed by atoms with van der Waals surface area (Å²) in [7, 11) is 2.19. The molecule has 0 aliphatic carbocycles. The second-order valence-electron chi connectivity index (χ2n) is 8.24. The minimum absolute atomic E-state index is 0. The van der Waals surface area contributed by atoms with Crippen LogP contribution in [0.4, 0.5) is 9.39 Å². The Labute approximate surface area is 209 Å². The number of nitrogens with one attached hydrogen (secondary N) is 1. The Morgan fingerprint density at radius 2 is 2.03 bits per heavy atom. The van der Waals surface area contributed by atoms with Crippen molar-refractivity contribution in [2.45, 2.75) is 25.8 Å². The van der Waals surface area contributed by atoms with Crippen LogP contribution in [0.15, 0.2) is 42.6 Å². The molecule has 0 radical (unpaired) electrons. The van der Waals surface area contributed by atoms with Gasteiger partial charge in [-0.1, -0.05) is 12.1 Å². The molecule has 1 aromatic carbocycles. The predicted molar refractivity (Wildman–Crippen MR) is 138 cm³/mol. The van der Waals surface area contributed by atoms with E-state index >= 15 is 0 Å². The minimum Gasteiger partial charge on any atom is -0.365 e. The molecular formula is C24H28Cl2FN5S. The highest BCUT2D eigenvalue weighted by Gasteiger charge is 2.29. The molecule has 1 saturated heterocycles. The molecule has 2 aliphatic heterocycles. The summed E-state index contributed by atoms with van der Waals surface area (Å²) >= 11 is 1.68. The lowest BCUT2D eigenvalue weighted by Gasteiger charge is -2.41. The Morgan fingerprint density at radius 1 is 1.18 bits per heavy atom. The largest absolute Gasteiger partial charge is 0.365 e. The number of piperazine rings is 1. The van der Waals surface area contributed by atoms with Gasteiger partial charge in [0.2, 0.25) is 0 Å². The molecule has 2 aliphatic rings. The maximum absolute atomic E-state index is 13.6. The smallest absolute Gasteiger partial charge is 0.124 e. The van der Waals surface area contributed by atoms with Gasteiger partial charge in [-0.15, -0.1) is 36.2 Å². The third kappa shape index (κ3) is 5.32. The number of fused-ring (bicyclic) bond motifs is 2. The molecule has 2 aromatic heterocycles. The molecule has 5 rings (SSSR count). The molecule has 0 saturated carbocycles. The molecular weight excluding hydrogens is 480 g/mol. The summed E-state index contributed by atoms with van der Waals surface area (Å²) in [5.74, 6) is -0.164. The van der Waals surface area contributed by atoms with E-state index in [1.165, 1.54) is 6.07 Å². The van der Waals surface area contributed by atoms with Crippen LogP contribution in [0, 0.1) is 12.7 Å². The highest BCUT2D eigenvalue weighted by molar-refractivity contribution is 7.16. The maximum Gasteiger partial charge on any atom is 0.124 e. The van der Waals surface area contributed by atoms with Gasteiger partial charge < -0.3 is 10.2 Å². The number of thiazole rings is 1. The highest BCUT2D eigenvalue weighted by atomic mass is 35.5. The molecule has 0 bridgehead atoms. The number of aromatic nitrogens is 2. The van der Waals surface area contributed by atoms with Crippen molar-refractivity contribution >= 4 is 53.0 Å². The van der Waals surface area contributed by atoms with E-state index in [1.54, 1.807) is 23.5 Å². The van der Waals surface area contributed by atoms with Crippen LogP contribution in [0.25, 0.3) is 11.9 Å². The summed E-state index contributed by atoms with van der Waals surface area (Å²) in [6.07, 6.45) is 5.73. The molecule has 1 N–H and O–H groups in total. The Kier molecular flexibility index (Phi) is 8.34.